The lowest BCUT2D eigenvalue weighted by molar-refractivity contribution is 0.334. The summed E-state index contributed by atoms with van der Waals surface area (Å²) in [6.07, 6.45) is 5.44. The maximum absolute atomic E-state index is 6.05. The lowest BCUT2D eigenvalue weighted by atomic mass is 9.95. The summed E-state index contributed by atoms with van der Waals surface area (Å²) in [6, 6.07) is 1.93. The Balaban J connectivity index is 2.66. The second kappa shape index (κ2) is 6.43. The fourth-order valence-electron chi connectivity index (χ4n) is 1.57. The first kappa shape index (κ1) is 13.8. The highest BCUT2D eigenvalue weighted by molar-refractivity contribution is 6.31. The summed E-state index contributed by atoms with van der Waals surface area (Å²) in [5.41, 5.74) is 1.07. The third-order valence-electron chi connectivity index (χ3n) is 3.12. The van der Waals surface area contributed by atoms with E-state index in [9.17, 15) is 0 Å². The largest absolute Gasteiger partial charge is 0.306 e. The van der Waals surface area contributed by atoms with Crippen molar-refractivity contribution in [2.45, 2.75) is 38.8 Å². The Morgan fingerprint density at radius 3 is 2.56 bits per heavy atom. The highest BCUT2D eigenvalue weighted by Gasteiger charge is 2.24. The molecular weight excluding hydrogens is 243 g/mol. The van der Waals surface area contributed by atoms with Crippen molar-refractivity contribution in [3.8, 4) is 0 Å². The van der Waals surface area contributed by atoms with Gasteiger partial charge in [0.1, 0.15) is 0 Å². The third kappa shape index (κ3) is 3.34. The fourth-order valence-corrected chi connectivity index (χ4v) is 2.22. The lowest BCUT2D eigenvalue weighted by Gasteiger charge is -2.31. The molecule has 1 rings (SSSR count). The molecule has 16 heavy (non-hydrogen) atoms. The second-order valence-electron chi connectivity index (χ2n) is 3.94. The first-order valence-corrected chi connectivity index (χ1v) is 6.48. The van der Waals surface area contributed by atoms with Gasteiger partial charge in [-0.3, -0.25) is 4.98 Å². The van der Waals surface area contributed by atoms with Gasteiger partial charge in [0.25, 0.3) is 0 Å². The quantitative estimate of drug-likeness (QED) is 0.791. The van der Waals surface area contributed by atoms with Crippen molar-refractivity contribution in [2.24, 2.45) is 0 Å². The van der Waals surface area contributed by atoms with E-state index in [0.29, 0.717) is 10.9 Å². The van der Waals surface area contributed by atoms with Crippen LogP contribution in [0.25, 0.3) is 0 Å². The topological polar surface area (TPSA) is 24.9 Å². The van der Waals surface area contributed by atoms with Crippen molar-refractivity contribution in [3.05, 3.63) is 29.0 Å². The van der Waals surface area contributed by atoms with Gasteiger partial charge in [0, 0.05) is 30.4 Å². The zero-order valence-electron chi connectivity index (χ0n) is 9.76. The van der Waals surface area contributed by atoms with E-state index in [0.717, 1.165) is 24.9 Å². The van der Waals surface area contributed by atoms with Crippen LogP contribution in [0.2, 0.25) is 5.02 Å². The number of aromatic nitrogens is 1. The molecule has 0 saturated heterocycles. The van der Waals surface area contributed by atoms with Gasteiger partial charge < -0.3 is 5.32 Å². The van der Waals surface area contributed by atoms with Gasteiger partial charge >= 0.3 is 0 Å². The van der Waals surface area contributed by atoms with Crippen LogP contribution in [0.5, 0.6) is 0 Å². The molecule has 2 nitrogen and oxygen atoms in total. The van der Waals surface area contributed by atoms with E-state index in [4.69, 9.17) is 23.2 Å². The molecule has 0 unspecified atom stereocenters. The molecule has 1 N–H and O–H groups in total. The molecule has 0 saturated carbocycles. The number of rotatable bonds is 6. The SMILES string of the molecule is CCC(CC)(CCl)NCc1ccncc1Cl. The molecule has 0 aromatic carbocycles. The van der Waals surface area contributed by atoms with Crippen LogP contribution >= 0.6 is 23.2 Å². The summed E-state index contributed by atoms with van der Waals surface area (Å²) < 4.78 is 0. The molecule has 0 atom stereocenters. The standard InChI is InChI=1S/C12H18Cl2N2/c1-3-12(4-2,9-13)16-7-10-5-6-15-8-11(10)14/h5-6,8,16H,3-4,7,9H2,1-2H3. The van der Waals surface area contributed by atoms with E-state index >= 15 is 0 Å². The van der Waals surface area contributed by atoms with Gasteiger partial charge in [0.15, 0.2) is 0 Å². The summed E-state index contributed by atoms with van der Waals surface area (Å²) >= 11 is 12.1. The summed E-state index contributed by atoms with van der Waals surface area (Å²) in [5.74, 6) is 0.614. The van der Waals surface area contributed by atoms with Crippen molar-refractivity contribution < 1.29 is 0 Å². The van der Waals surface area contributed by atoms with E-state index in [1.165, 1.54) is 0 Å². The average Bonchev–Trinajstić information content (AvgIpc) is 2.34. The molecule has 1 aromatic heterocycles. The van der Waals surface area contributed by atoms with Crippen LogP contribution in [0.3, 0.4) is 0 Å². The van der Waals surface area contributed by atoms with E-state index in [1.807, 2.05) is 6.07 Å². The predicted molar refractivity (Wildman–Crippen MR) is 70.1 cm³/mol. The second-order valence-corrected chi connectivity index (χ2v) is 4.62. The van der Waals surface area contributed by atoms with Crippen LogP contribution < -0.4 is 5.32 Å². The normalized spacial score (nSPS) is 11.8. The molecule has 4 heteroatoms. The number of halogens is 2. The zero-order valence-corrected chi connectivity index (χ0v) is 11.3. The summed E-state index contributed by atoms with van der Waals surface area (Å²) in [4.78, 5) is 3.96. The maximum atomic E-state index is 6.05. The molecule has 1 heterocycles. The molecule has 0 amide bonds. The molecule has 0 spiro atoms. The Morgan fingerprint density at radius 2 is 2.06 bits per heavy atom. The van der Waals surface area contributed by atoms with Gasteiger partial charge in [-0.15, -0.1) is 11.6 Å². The van der Waals surface area contributed by atoms with Gasteiger partial charge in [-0.05, 0) is 24.5 Å². The molecule has 0 radical (unpaired) electrons. The summed E-state index contributed by atoms with van der Waals surface area (Å²) in [7, 11) is 0. The van der Waals surface area contributed by atoms with Gasteiger partial charge in [-0.2, -0.15) is 0 Å². The summed E-state index contributed by atoms with van der Waals surface area (Å²) in [5, 5.41) is 4.19. The molecule has 0 aliphatic heterocycles. The Kier molecular flexibility index (Phi) is 5.53. The highest BCUT2D eigenvalue weighted by atomic mass is 35.5. The zero-order chi connectivity index (χ0) is 12.0. The van der Waals surface area contributed by atoms with E-state index in [1.54, 1.807) is 12.4 Å². The number of hydrogen-bond donors (Lipinski definition) is 1. The van der Waals surface area contributed by atoms with Gasteiger partial charge in [0.05, 0.1) is 5.02 Å². The minimum atomic E-state index is 0.00809. The number of alkyl halides is 1. The molecule has 0 fully saturated rings. The van der Waals surface area contributed by atoms with Gasteiger partial charge in [-0.25, -0.2) is 0 Å². The van der Waals surface area contributed by atoms with Gasteiger partial charge in [-0.1, -0.05) is 25.4 Å². The Morgan fingerprint density at radius 1 is 1.38 bits per heavy atom. The van der Waals surface area contributed by atoms with Crippen molar-refractivity contribution in [1.82, 2.24) is 10.3 Å². The van der Waals surface area contributed by atoms with E-state index < -0.39 is 0 Å². The third-order valence-corrected chi connectivity index (χ3v) is 3.97. The van der Waals surface area contributed by atoms with Crippen molar-refractivity contribution >= 4 is 23.2 Å². The summed E-state index contributed by atoms with van der Waals surface area (Å²) in [6.45, 7) is 5.02. The smallest absolute Gasteiger partial charge is 0.0634 e. The number of pyridine rings is 1. The molecule has 0 bridgehead atoms. The highest BCUT2D eigenvalue weighted by Crippen LogP contribution is 2.20. The molecule has 0 aliphatic carbocycles. The van der Waals surface area contributed by atoms with Crippen molar-refractivity contribution in [2.75, 3.05) is 5.88 Å². The van der Waals surface area contributed by atoms with Crippen molar-refractivity contribution in [1.29, 1.82) is 0 Å². The monoisotopic (exact) mass is 260 g/mol. The minimum Gasteiger partial charge on any atom is -0.306 e. The van der Waals surface area contributed by atoms with E-state index in [-0.39, 0.29) is 5.54 Å². The van der Waals surface area contributed by atoms with Crippen molar-refractivity contribution in [3.63, 3.8) is 0 Å². The van der Waals surface area contributed by atoms with Crippen LogP contribution in [0.4, 0.5) is 0 Å². The Hall–Kier alpha value is -0.310. The Bertz CT molecular complexity index is 316. The molecular formula is C12H18Cl2N2. The molecule has 0 aliphatic rings. The van der Waals surface area contributed by atoms with Crippen LogP contribution in [-0.2, 0) is 6.54 Å². The number of nitrogens with zero attached hydrogens (tertiary/aromatic N) is 1. The molecule has 90 valence electrons. The van der Waals surface area contributed by atoms with Crippen LogP contribution in [0.1, 0.15) is 32.3 Å². The van der Waals surface area contributed by atoms with Crippen LogP contribution in [0.15, 0.2) is 18.5 Å². The van der Waals surface area contributed by atoms with Crippen LogP contribution in [0, 0.1) is 0 Å². The maximum Gasteiger partial charge on any atom is 0.0634 e. The first-order chi connectivity index (χ1) is 7.67. The molecule has 1 aromatic rings. The van der Waals surface area contributed by atoms with E-state index in [2.05, 4.69) is 24.1 Å². The lowest BCUT2D eigenvalue weighted by Crippen LogP contribution is -2.45. The minimum absolute atomic E-state index is 0.00809. The number of nitrogens with one attached hydrogen (secondary N) is 1. The first-order valence-electron chi connectivity index (χ1n) is 5.57. The number of hydrogen-bond acceptors (Lipinski definition) is 2. The predicted octanol–water partition coefficient (Wildman–Crippen LogP) is 3.62. The van der Waals surface area contributed by atoms with Gasteiger partial charge in [0.2, 0.25) is 0 Å². The Labute approximate surface area is 107 Å². The van der Waals surface area contributed by atoms with Crippen LogP contribution in [-0.4, -0.2) is 16.4 Å². The average molecular weight is 261 g/mol. The fraction of sp³-hybridized carbons (Fsp3) is 0.583.